The Morgan fingerprint density at radius 2 is 1.84 bits per heavy atom. The fourth-order valence-corrected chi connectivity index (χ4v) is 4.27. The lowest BCUT2D eigenvalue weighted by atomic mass is 10.2. The van der Waals surface area contributed by atoms with Gasteiger partial charge in [-0.05, 0) is 66.6 Å². The van der Waals surface area contributed by atoms with E-state index in [-0.39, 0.29) is 30.3 Å². The molecular formula is C25H26FN3O2S. The molecule has 32 heavy (non-hydrogen) atoms. The number of nitrogens with zero attached hydrogens (tertiary/aromatic N) is 2. The largest absolute Gasteiger partial charge is 0.332 e. The Hall–Kier alpha value is -3.19. The molecule has 1 N–H and O–H groups in total. The minimum atomic E-state index is -0.308. The third kappa shape index (κ3) is 5.95. The third-order valence-corrected chi connectivity index (χ3v) is 6.25. The Bertz CT molecular complexity index is 1070. The van der Waals surface area contributed by atoms with Crippen molar-refractivity contribution >= 4 is 29.0 Å². The van der Waals surface area contributed by atoms with E-state index in [4.69, 9.17) is 0 Å². The van der Waals surface area contributed by atoms with Crippen molar-refractivity contribution in [3.05, 3.63) is 87.9 Å². The predicted octanol–water partition coefficient (Wildman–Crippen LogP) is 5.42. The molecule has 0 atom stereocenters. The van der Waals surface area contributed by atoms with E-state index in [1.165, 1.54) is 12.1 Å². The molecular weight excluding hydrogens is 425 g/mol. The zero-order valence-corrected chi connectivity index (χ0v) is 18.8. The number of anilines is 1. The number of aryl methyl sites for hydroxylation is 1. The second kappa shape index (κ2) is 9.96. The molecule has 4 rings (SSSR count). The highest BCUT2D eigenvalue weighted by atomic mass is 32.1. The number of nitrogens with one attached hydrogen (secondary N) is 1. The molecule has 0 unspecified atom stereocenters. The van der Waals surface area contributed by atoms with E-state index < -0.39 is 0 Å². The Morgan fingerprint density at radius 1 is 1.06 bits per heavy atom. The van der Waals surface area contributed by atoms with Gasteiger partial charge < -0.3 is 15.1 Å². The van der Waals surface area contributed by atoms with Gasteiger partial charge in [0, 0.05) is 23.2 Å². The van der Waals surface area contributed by atoms with Crippen LogP contribution in [0.4, 0.5) is 14.9 Å². The number of thiophene rings is 1. The molecule has 2 aromatic carbocycles. The Kier molecular flexibility index (Phi) is 6.85. The molecule has 0 radical (unpaired) electrons. The highest BCUT2D eigenvalue weighted by Gasteiger charge is 2.35. The molecule has 0 spiro atoms. The third-order valence-electron chi connectivity index (χ3n) is 5.39. The van der Waals surface area contributed by atoms with Crippen molar-refractivity contribution in [2.24, 2.45) is 0 Å². The van der Waals surface area contributed by atoms with E-state index in [0.29, 0.717) is 13.1 Å². The number of benzene rings is 2. The molecule has 1 saturated carbocycles. The van der Waals surface area contributed by atoms with Crippen molar-refractivity contribution in [1.29, 1.82) is 0 Å². The molecule has 1 fully saturated rings. The van der Waals surface area contributed by atoms with Gasteiger partial charge in [-0.15, -0.1) is 11.3 Å². The summed E-state index contributed by atoms with van der Waals surface area (Å²) >= 11 is 1.58. The van der Waals surface area contributed by atoms with E-state index in [1.807, 2.05) is 48.7 Å². The van der Waals surface area contributed by atoms with Crippen LogP contribution >= 0.6 is 11.3 Å². The number of urea groups is 1. The molecule has 0 aliphatic heterocycles. The molecule has 5 nitrogen and oxygen atoms in total. The number of carbonyl (C=O) groups excluding carboxylic acids is 2. The van der Waals surface area contributed by atoms with Crippen LogP contribution in [-0.2, 0) is 17.9 Å². The molecule has 1 heterocycles. The van der Waals surface area contributed by atoms with Crippen molar-refractivity contribution < 1.29 is 14.0 Å². The SMILES string of the molecule is Cc1cccc(NC(=O)N(CC(=O)N(Cc2ccc(F)cc2)Cc2cccs2)C2CC2)c1. The van der Waals surface area contributed by atoms with E-state index >= 15 is 0 Å². The fraction of sp³-hybridized carbons (Fsp3) is 0.280. The summed E-state index contributed by atoms with van der Waals surface area (Å²) in [4.78, 5) is 30.7. The summed E-state index contributed by atoms with van der Waals surface area (Å²) in [5.74, 6) is -0.438. The van der Waals surface area contributed by atoms with Gasteiger partial charge in [-0.2, -0.15) is 0 Å². The van der Waals surface area contributed by atoms with Crippen molar-refractivity contribution in [2.45, 2.75) is 38.9 Å². The monoisotopic (exact) mass is 451 g/mol. The van der Waals surface area contributed by atoms with Crippen LogP contribution in [0.2, 0.25) is 0 Å². The number of rotatable bonds is 8. The quantitative estimate of drug-likeness (QED) is 0.497. The summed E-state index contributed by atoms with van der Waals surface area (Å²) in [7, 11) is 0. The number of carbonyl (C=O) groups is 2. The minimum absolute atomic E-state index is 0.00882. The second-order valence-corrected chi connectivity index (χ2v) is 9.15. The normalized spacial score (nSPS) is 12.9. The number of hydrogen-bond acceptors (Lipinski definition) is 3. The summed E-state index contributed by atoms with van der Waals surface area (Å²) < 4.78 is 13.3. The van der Waals surface area contributed by atoms with E-state index in [9.17, 15) is 14.0 Å². The van der Waals surface area contributed by atoms with Crippen molar-refractivity contribution in [3.63, 3.8) is 0 Å². The van der Waals surface area contributed by atoms with Gasteiger partial charge in [-0.3, -0.25) is 4.79 Å². The van der Waals surface area contributed by atoms with Crippen LogP contribution in [0.15, 0.2) is 66.0 Å². The van der Waals surface area contributed by atoms with Crippen LogP contribution in [0.3, 0.4) is 0 Å². The first kappa shape index (κ1) is 22.0. The van der Waals surface area contributed by atoms with E-state index in [2.05, 4.69) is 5.32 Å². The van der Waals surface area contributed by atoms with Crippen LogP contribution in [0, 0.1) is 12.7 Å². The smallest absolute Gasteiger partial charge is 0.322 e. The topological polar surface area (TPSA) is 52.7 Å². The maximum absolute atomic E-state index is 13.3. The molecule has 7 heteroatoms. The average Bonchev–Trinajstić information content (AvgIpc) is 3.48. The molecule has 0 bridgehead atoms. The van der Waals surface area contributed by atoms with Crippen molar-refractivity contribution in [3.8, 4) is 0 Å². The van der Waals surface area contributed by atoms with Crippen LogP contribution in [0.5, 0.6) is 0 Å². The highest BCUT2D eigenvalue weighted by Crippen LogP contribution is 2.28. The maximum atomic E-state index is 13.3. The lowest BCUT2D eigenvalue weighted by Gasteiger charge is -2.28. The predicted molar refractivity (Wildman–Crippen MR) is 125 cm³/mol. The van der Waals surface area contributed by atoms with Gasteiger partial charge in [0.1, 0.15) is 12.4 Å². The maximum Gasteiger partial charge on any atom is 0.322 e. The van der Waals surface area contributed by atoms with E-state index in [1.54, 1.807) is 33.3 Å². The molecule has 1 aliphatic carbocycles. The van der Waals surface area contributed by atoms with Crippen LogP contribution < -0.4 is 5.32 Å². The molecule has 0 saturated heterocycles. The van der Waals surface area contributed by atoms with Gasteiger partial charge in [0.25, 0.3) is 0 Å². The highest BCUT2D eigenvalue weighted by molar-refractivity contribution is 7.09. The van der Waals surface area contributed by atoms with Gasteiger partial charge in [0.05, 0.1) is 6.54 Å². The minimum Gasteiger partial charge on any atom is -0.332 e. The number of halogens is 1. The Morgan fingerprint density at radius 3 is 2.50 bits per heavy atom. The molecule has 3 aromatic rings. The van der Waals surface area contributed by atoms with Gasteiger partial charge in [-0.25, -0.2) is 9.18 Å². The Labute approximate surface area is 191 Å². The lowest BCUT2D eigenvalue weighted by molar-refractivity contribution is -0.133. The molecule has 1 aromatic heterocycles. The fourth-order valence-electron chi connectivity index (χ4n) is 3.55. The Balaban J connectivity index is 1.48. The van der Waals surface area contributed by atoms with Crippen LogP contribution in [-0.4, -0.2) is 34.3 Å². The van der Waals surface area contributed by atoms with Gasteiger partial charge in [0.15, 0.2) is 0 Å². The van der Waals surface area contributed by atoms with Gasteiger partial charge >= 0.3 is 6.03 Å². The lowest BCUT2D eigenvalue weighted by Crippen LogP contribution is -2.45. The van der Waals surface area contributed by atoms with Crippen molar-refractivity contribution in [2.75, 3.05) is 11.9 Å². The summed E-state index contributed by atoms with van der Waals surface area (Å²) in [5.41, 5.74) is 2.62. The van der Waals surface area contributed by atoms with Gasteiger partial charge in [-0.1, -0.05) is 30.3 Å². The summed E-state index contributed by atoms with van der Waals surface area (Å²) in [6, 6.07) is 17.5. The van der Waals surface area contributed by atoms with Gasteiger partial charge in [0.2, 0.25) is 5.91 Å². The first-order chi connectivity index (χ1) is 15.5. The van der Waals surface area contributed by atoms with Crippen LogP contribution in [0.1, 0.15) is 28.8 Å². The molecule has 166 valence electrons. The number of amides is 3. The summed E-state index contributed by atoms with van der Waals surface area (Å²) in [6.45, 7) is 2.78. The van der Waals surface area contributed by atoms with E-state index in [0.717, 1.165) is 34.5 Å². The van der Waals surface area contributed by atoms with Crippen molar-refractivity contribution in [1.82, 2.24) is 9.80 Å². The average molecular weight is 452 g/mol. The zero-order valence-electron chi connectivity index (χ0n) is 18.0. The number of hydrogen-bond donors (Lipinski definition) is 1. The zero-order chi connectivity index (χ0) is 22.5. The summed E-state index contributed by atoms with van der Waals surface area (Å²) in [5, 5.41) is 4.90. The van der Waals surface area contributed by atoms with Crippen LogP contribution in [0.25, 0.3) is 0 Å². The standard InChI is InChI=1S/C25H26FN3O2S/c1-18-4-2-5-21(14-18)27-25(31)29(22-11-12-22)17-24(30)28(16-23-6-3-13-32-23)15-19-7-9-20(26)10-8-19/h2-10,13-14,22H,11-12,15-17H2,1H3,(H,27,31). The first-order valence-corrected chi connectivity index (χ1v) is 11.5. The first-order valence-electron chi connectivity index (χ1n) is 10.7. The molecule has 1 aliphatic rings. The summed E-state index contributed by atoms with van der Waals surface area (Å²) in [6.07, 6.45) is 1.80. The molecule has 3 amide bonds. The second-order valence-electron chi connectivity index (χ2n) is 8.11.